The van der Waals surface area contributed by atoms with E-state index in [2.05, 4.69) is 10.2 Å². The van der Waals surface area contributed by atoms with Crippen molar-refractivity contribution in [2.75, 3.05) is 0 Å². The molecule has 1 aromatic carbocycles. The molecular weight excluding hydrogens is 405 g/mol. The normalized spacial score (nSPS) is 15.6. The van der Waals surface area contributed by atoms with Crippen LogP contribution in [0.5, 0.6) is 0 Å². The molecule has 1 aliphatic heterocycles. The second kappa shape index (κ2) is 5.98. The molecule has 2 aromatic rings. The summed E-state index contributed by atoms with van der Waals surface area (Å²) in [6.45, 7) is 1.43. The Bertz CT molecular complexity index is 941. The lowest BCUT2D eigenvalue weighted by molar-refractivity contribution is -0.386. The zero-order chi connectivity index (χ0) is 21.1. The summed E-state index contributed by atoms with van der Waals surface area (Å²) in [5, 5.41) is 7.42. The Kier molecular flexibility index (Phi) is 4.32. The summed E-state index contributed by atoms with van der Waals surface area (Å²) < 4.78 is 122. The number of alkyl halides is 9. The Balaban J connectivity index is 2.22. The van der Waals surface area contributed by atoms with Crippen LogP contribution in [0.1, 0.15) is 17.2 Å². The first-order valence-electron chi connectivity index (χ1n) is 7.65. The molecule has 0 amide bonds. The van der Waals surface area contributed by atoms with Crippen molar-refractivity contribution in [3.63, 3.8) is 0 Å². The van der Waals surface area contributed by atoms with E-state index in [0.717, 1.165) is 12.1 Å². The van der Waals surface area contributed by atoms with Crippen molar-refractivity contribution in [1.82, 2.24) is 14.8 Å². The number of para-hydroxylation sites is 1. The van der Waals surface area contributed by atoms with Crippen LogP contribution >= 0.6 is 0 Å². The minimum absolute atomic E-state index is 0.0293. The number of aryl methyl sites for hydroxylation is 1. The highest BCUT2D eigenvalue weighted by Crippen LogP contribution is 2.57. The van der Waals surface area contributed by atoms with Crippen LogP contribution in [-0.2, 0) is 6.42 Å². The number of nitrogens with zero attached hydrogens (tertiary/aromatic N) is 3. The van der Waals surface area contributed by atoms with Gasteiger partial charge in [-0.25, -0.2) is 0 Å². The summed E-state index contributed by atoms with van der Waals surface area (Å²) in [6.07, 6.45) is -6.95. The predicted molar refractivity (Wildman–Crippen MR) is 78.7 cm³/mol. The zero-order valence-electron chi connectivity index (χ0n) is 13.8. The number of hydrogen-bond acceptors (Lipinski definition) is 2. The van der Waals surface area contributed by atoms with Crippen LogP contribution < -0.4 is 0 Å². The smallest absolute Gasteiger partial charge is 0.282 e. The van der Waals surface area contributed by atoms with Crippen LogP contribution in [0.4, 0.5) is 39.5 Å². The van der Waals surface area contributed by atoms with Gasteiger partial charge in [0.2, 0.25) is 0 Å². The largest absolute Gasteiger partial charge is 0.460 e. The van der Waals surface area contributed by atoms with Gasteiger partial charge < -0.3 is 0 Å². The molecule has 12 heteroatoms. The second-order valence-corrected chi connectivity index (χ2v) is 6.06. The molecule has 1 aromatic heterocycles. The first-order valence-corrected chi connectivity index (χ1v) is 7.65. The molecule has 0 aliphatic carbocycles. The van der Waals surface area contributed by atoms with Gasteiger partial charge in [0.25, 0.3) is 0 Å². The average Bonchev–Trinajstić information content (AvgIpc) is 2.85. The predicted octanol–water partition coefficient (Wildman–Crippen LogP) is 4.98. The van der Waals surface area contributed by atoms with Crippen molar-refractivity contribution in [2.24, 2.45) is 0 Å². The van der Waals surface area contributed by atoms with Gasteiger partial charge in [-0.3, -0.25) is 4.57 Å². The third-order valence-electron chi connectivity index (χ3n) is 4.30. The van der Waals surface area contributed by atoms with E-state index in [1.54, 1.807) is 0 Å². The van der Waals surface area contributed by atoms with Crippen molar-refractivity contribution in [2.45, 2.75) is 37.3 Å². The summed E-state index contributed by atoms with van der Waals surface area (Å²) in [5.74, 6) is -19.3. The van der Waals surface area contributed by atoms with E-state index in [1.807, 2.05) is 0 Å². The molecule has 28 heavy (non-hydrogen) atoms. The van der Waals surface area contributed by atoms with Gasteiger partial charge in [-0.15, -0.1) is 10.2 Å². The number of benzene rings is 1. The van der Waals surface area contributed by atoms with Crippen LogP contribution in [0.3, 0.4) is 0 Å². The fourth-order valence-corrected chi connectivity index (χ4v) is 2.89. The minimum Gasteiger partial charge on any atom is -0.282 e. The summed E-state index contributed by atoms with van der Waals surface area (Å²) in [4.78, 5) is 0. The van der Waals surface area contributed by atoms with Gasteiger partial charge in [0.15, 0.2) is 0 Å². The highest BCUT2D eigenvalue weighted by molar-refractivity contribution is 5.79. The first kappa shape index (κ1) is 20.2. The number of halogens is 9. The van der Waals surface area contributed by atoms with E-state index in [0.29, 0.717) is 6.08 Å². The monoisotopic (exact) mass is 415 g/mol. The molecule has 0 bridgehead atoms. The Morgan fingerprint density at radius 1 is 0.857 bits per heavy atom. The Labute approximate surface area is 151 Å². The van der Waals surface area contributed by atoms with Crippen LogP contribution in [0.25, 0.3) is 11.3 Å². The third-order valence-corrected chi connectivity index (χ3v) is 4.30. The van der Waals surface area contributed by atoms with Crippen molar-refractivity contribution in [1.29, 1.82) is 0 Å². The Morgan fingerprint density at radius 2 is 1.46 bits per heavy atom. The molecule has 0 fully saturated rings. The van der Waals surface area contributed by atoms with Gasteiger partial charge in [0.05, 0.1) is 5.69 Å². The molecule has 0 spiro atoms. The molecule has 3 nitrogen and oxygen atoms in total. The van der Waals surface area contributed by atoms with Crippen LogP contribution in [0.15, 0.2) is 30.3 Å². The molecule has 0 radical (unpaired) electrons. The third kappa shape index (κ3) is 2.60. The summed E-state index contributed by atoms with van der Waals surface area (Å²) >= 11 is 0. The fourth-order valence-electron chi connectivity index (χ4n) is 2.89. The van der Waals surface area contributed by atoms with Gasteiger partial charge >= 0.3 is 23.9 Å². The van der Waals surface area contributed by atoms with E-state index in [-0.39, 0.29) is 17.3 Å². The lowest BCUT2D eigenvalue weighted by Gasteiger charge is -2.35. The number of fused-ring (bicyclic) bond motifs is 3. The van der Waals surface area contributed by atoms with Gasteiger partial charge in [-0.1, -0.05) is 24.3 Å². The van der Waals surface area contributed by atoms with Crippen LogP contribution in [0.2, 0.25) is 0 Å². The van der Waals surface area contributed by atoms with Crippen molar-refractivity contribution < 1.29 is 39.5 Å². The van der Waals surface area contributed by atoms with E-state index in [1.165, 1.54) is 23.6 Å². The lowest BCUT2D eigenvalue weighted by atomic mass is 9.90. The highest BCUT2D eigenvalue weighted by Gasteiger charge is 2.82. The molecule has 1 aliphatic rings. The topological polar surface area (TPSA) is 30.7 Å². The van der Waals surface area contributed by atoms with E-state index >= 15 is 0 Å². The van der Waals surface area contributed by atoms with Crippen molar-refractivity contribution in [3.8, 4) is 5.69 Å². The summed E-state index contributed by atoms with van der Waals surface area (Å²) in [7, 11) is 0. The molecule has 3 rings (SSSR count). The Morgan fingerprint density at radius 3 is 2.07 bits per heavy atom. The SMILES string of the molecule is Cc1nnc2n1-c1ccccc1C(C(F)(F)C(F)(F)C(F)(F)C(F)(F)F)=CC2. The molecule has 0 unspecified atom stereocenters. The average molecular weight is 415 g/mol. The maximum absolute atomic E-state index is 14.6. The molecule has 152 valence electrons. The number of aromatic nitrogens is 3. The quantitative estimate of drug-likeness (QED) is 0.662. The van der Waals surface area contributed by atoms with Gasteiger partial charge in [0.1, 0.15) is 11.6 Å². The molecular formula is C16H10F9N3. The standard InChI is InChI=1S/C16H10F9N3/c1-8-26-27-12-7-6-10(9-4-2-3-5-11(9)28(8)12)13(17,18)14(19,20)15(21,22)16(23,24)25/h2-6H,7H2,1H3. The van der Waals surface area contributed by atoms with Gasteiger partial charge in [0, 0.05) is 17.6 Å². The van der Waals surface area contributed by atoms with E-state index in [9.17, 15) is 39.5 Å². The molecule has 0 atom stereocenters. The van der Waals surface area contributed by atoms with E-state index in [4.69, 9.17) is 0 Å². The van der Waals surface area contributed by atoms with Gasteiger partial charge in [-0.2, -0.15) is 39.5 Å². The first-order chi connectivity index (χ1) is 12.7. The number of rotatable bonds is 3. The second-order valence-electron chi connectivity index (χ2n) is 6.06. The number of hydrogen-bond donors (Lipinski definition) is 0. The van der Waals surface area contributed by atoms with Crippen LogP contribution in [0, 0.1) is 6.92 Å². The van der Waals surface area contributed by atoms with Crippen LogP contribution in [-0.4, -0.2) is 38.7 Å². The lowest BCUT2D eigenvalue weighted by Crippen LogP contribution is -2.61. The molecule has 0 saturated heterocycles. The fraction of sp³-hybridized carbons (Fsp3) is 0.375. The maximum atomic E-state index is 14.6. The van der Waals surface area contributed by atoms with E-state index < -0.39 is 41.5 Å². The maximum Gasteiger partial charge on any atom is 0.460 e. The summed E-state index contributed by atoms with van der Waals surface area (Å²) in [5.41, 5.74) is -2.43. The molecule has 0 saturated carbocycles. The molecule has 0 N–H and O–H groups in total. The minimum atomic E-state index is -6.96. The number of allylic oxidation sites excluding steroid dienone is 2. The molecule has 2 heterocycles. The zero-order valence-corrected chi connectivity index (χ0v) is 13.8. The van der Waals surface area contributed by atoms with Crippen molar-refractivity contribution in [3.05, 3.63) is 47.6 Å². The summed E-state index contributed by atoms with van der Waals surface area (Å²) in [6, 6.07) is 4.65. The van der Waals surface area contributed by atoms with Crippen molar-refractivity contribution >= 4 is 5.57 Å². The highest BCUT2D eigenvalue weighted by atomic mass is 19.4. The van der Waals surface area contributed by atoms with Gasteiger partial charge in [-0.05, 0) is 13.0 Å². The Hall–Kier alpha value is -2.53.